The lowest BCUT2D eigenvalue weighted by Gasteiger charge is -2.24. The third-order valence-corrected chi connectivity index (χ3v) is 3.64. The Balaban J connectivity index is 1.85. The largest absolute Gasteiger partial charge is 0.395 e. The van der Waals surface area contributed by atoms with Crippen LogP contribution in [0.3, 0.4) is 0 Å². The molecule has 2 fully saturated rings. The number of carbonyl (C=O) groups is 1. The van der Waals surface area contributed by atoms with Crippen molar-refractivity contribution in [3.05, 3.63) is 0 Å². The maximum atomic E-state index is 12.0. The van der Waals surface area contributed by atoms with E-state index in [2.05, 4.69) is 0 Å². The molecule has 15 heavy (non-hydrogen) atoms. The lowest BCUT2D eigenvalue weighted by atomic mass is 10.0. The van der Waals surface area contributed by atoms with E-state index < -0.39 is 0 Å². The highest BCUT2D eigenvalue weighted by Crippen LogP contribution is 2.54. The molecule has 0 bridgehead atoms. The van der Waals surface area contributed by atoms with Gasteiger partial charge in [-0.25, -0.2) is 0 Å². The van der Waals surface area contributed by atoms with Crippen molar-refractivity contribution < 1.29 is 15.0 Å². The molecule has 2 aliphatic carbocycles. The summed E-state index contributed by atoms with van der Waals surface area (Å²) >= 11 is 0. The molecule has 4 heteroatoms. The summed E-state index contributed by atoms with van der Waals surface area (Å²) in [4.78, 5) is 13.6. The van der Waals surface area contributed by atoms with Gasteiger partial charge < -0.3 is 15.1 Å². The number of hydrogen-bond donors (Lipinski definition) is 2. The van der Waals surface area contributed by atoms with Crippen molar-refractivity contribution in [2.45, 2.75) is 19.3 Å². The first-order valence-corrected chi connectivity index (χ1v) is 5.76. The molecule has 86 valence electrons. The van der Waals surface area contributed by atoms with Crippen molar-refractivity contribution in [1.29, 1.82) is 0 Å². The van der Waals surface area contributed by atoms with Gasteiger partial charge in [0.05, 0.1) is 13.2 Å². The molecule has 2 rings (SSSR count). The quantitative estimate of drug-likeness (QED) is 0.667. The predicted octanol–water partition coefficient (Wildman–Crippen LogP) is -0.154. The number of carbonyl (C=O) groups excluding carboxylic acids is 1. The van der Waals surface area contributed by atoms with Gasteiger partial charge in [-0.2, -0.15) is 0 Å². The van der Waals surface area contributed by atoms with Gasteiger partial charge in [-0.05, 0) is 31.1 Å². The van der Waals surface area contributed by atoms with E-state index in [1.54, 1.807) is 4.90 Å². The van der Waals surface area contributed by atoms with Crippen molar-refractivity contribution in [3.8, 4) is 0 Å². The minimum Gasteiger partial charge on any atom is -0.395 e. The first-order chi connectivity index (χ1) is 7.26. The first-order valence-electron chi connectivity index (χ1n) is 5.76. The van der Waals surface area contributed by atoms with Crippen molar-refractivity contribution >= 4 is 5.91 Å². The molecule has 4 nitrogen and oxygen atoms in total. The molecule has 2 N–H and O–H groups in total. The summed E-state index contributed by atoms with van der Waals surface area (Å²) in [7, 11) is 0. The minimum absolute atomic E-state index is 0.0225. The molecule has 2 aliphatic rings. The molecule has 2 saturated carbocycles. The highest BCUT2D eigenvalue weighted by Gasteiger charge is 2.48. The van der Waals surface area contributed by atoms with Crippen LogP contribution in [0.1, 0.15) is 19.3 Å². The molecular formula is C11H19NO3. The van der Waals surface area contributed by atoms with Crippen LogP contribution in [0.2, 0.25) is 0 Å². The van der Waals surface area contributed by atoms with E-state index in [0.29, 0.717) is 13.1 Å². The van der Waals surface area contributed by atoms with Gasteiger partial charge in [0.1, 0.15) is 0 Å². The van der Waals surface area contributed by atoms with Crippen molar-refractivity contribution in [3.63, 3.8) is 0 Å². The summed E-state index contributed by atoms with van der Waals surface area (Å²) in [6.07, 6.45) is 3.36. The zero-order chi connectivity index (χ0) is 10.8. The Hall–Kier alpha value is -0.610. The second kappa shape index (κ2) is 4.49. The summed E-state index contributed by atoms with van der Waals surface area (Å²) in [6.45, 7) is 0.660. The van der Waals surface area contributed by atoms with Crippen LogP contribution in [0.4, 0.5) is 0 Å². The lowest BCUT2D eigenvalue weighted by Crippen LogP contribution is -2.39. The van der Waals surface area contributed by atoms with Crippen LogP contribution in [-0.4, -0.2) is 47.3 Å². The number of hydrogen-bond acceptors (Lipinski definition) is 3. The molecule has 0 aromatic rings. The lowest BCUT2D eigenvalue weighted by molar-refractivity contribution is -0.136. The smallest absolute Gasteiger partial charge is 0.225 e. The molecule has 2 atom stereocenters. The number of amides is 1. The molecule has 0 heterocycles. The van der Waals surface area contributed by atoms with E-state index in [0.717, 1.165) is 24.7 Å². The average molecular weight is 213 g/mol. The van der Waals surface area contributed by atoms with Crippen LogP contribution < -0.4 is 0 Å². The van der Waals surface area contributed by atoms with Gasteiger partial charge in [0.15, 0.2) is 0 Å². The monoisotopic (exact) mass is 213 g/mol. The molecule has 0 aromatic carbocycles. The second-order valence-corrected chi connectivity index (χ2v) is 4.70. The van der Waals surface area contributed by atoms with E-state index in [1.807, 2.05) is 0 Å². The number of fused-ring (bicyclic) bond motifs is 1. The minimum atomic E-state index is -0.0225. The van der Waals surface area contributed by atoms with Gasteiger partial charge in [-0.3, -0.25) is 4.79 Å². The number of rotatable bonds is 5. The zero-order valence-electron chi connectivity index (χ0n) is 8.93. The molecule has 2 unspecified atom stereocenters. The summed E-state index contributed by atoms with van der Waals surface area (Å²) in [5.74, 6) is 1.88. The van der Waals surface area contributed by atoms with Crippen molar-refractivity contribution in [1.82, 2.24) is 4.90 Å². The summed E-state index contributed by atoms with van der Waals surface area (Å²) in [5, 5.41) is 17.7. The highest BCUT2D eigenvalue weighted by molar-refractivity contribution is 5.79. The van der Waals surface area contributed by atoms with Crippen molar-refractivity contribution in [2.24, 2.45) is 17.8 Å². The van der Waals surface area contributed by atoms with Crippen LogP contribution in [0.25, 0.3) is 0 Å². The summed E-state index contributed by atoms with van der Waals surface area (Å²) in [5.41, 5.74) is 0. The molecule has 0 aliphatic heterocycles. The molecule has 1 amide bonds. The Morgan fingerprint density at radius 3 is 2.07 bits per heavy atom. The molecule has 0 saturated heterocycles. The molecule has 0 aromatic heterocycles. The first kappa shape index (κ1) is 10.9. The van der Waals surface area contributed by atoms with Gasteiger partial charge in [0, 0.05) is 19.0 Å². The zero-order valence-corrected chi connectivity index (χ0v) is 8.93. The topological polar surface area (TPSA) is 60.8 Å². The van der Waals surface area contributed by atoms with Gasteiger partial charge in [-0.1, -0.05) is 0 Å². The Kier molecular flexibility index (Phi) is 3.26. The van der Waals surface area contributed by atoms with E-state index in [9.17, 15) is 4.79 Å². The van der Waals surface area contributed by atoms with Gasteiger partial charge in [0.25, 0.3) is 0 Å². The van der Waals surface area contributed by atoms with Gasteiger partial charge >= 0.3 is 0 Å². The maximum absolute atomic E-state index is 12.0. The van der Waals surface area contributed by atoms with E-state index >= 15 is 0 Å². The Labute approximate surface area is 89.9 Å². The van der Waals surface area contributed by atoms with Crippen LogP contribution in [0.5, 0.6) is 0 Å². The summed E-state index contributed by atoms with van der Waals surface area (Å²) < 4.78 is 0. The Morgan fingerprint density at radius 1 is 1.07 bits per heavy atom. The standard InChI is InChI=1S/C11H19NO3/c13-3-1-12(2-4-14)11(15)10-6-8-5-9(8)7-10/h8-10,13-14H,1-7H2. The fraction of sp³-hybridized carbons (Fsp3) is 0.909. The van der Waals surface area contributed by atoms with E-state index in [4.69, 9.17) is 10.2 Å². The summed E-state index contributed by atoms with van der Waals surface area (Å²) in [6, 6.07) is 0. The maximum Gasteiger partial charge on any atom is 0.225 e. The Bertz CT molecular complexity index is 228. The SMILES string of the molecule is O=C(C1CC2CC2C1)N(CCO)CCO. The fourth-order valence-electron chi connectivity index (χ4n) is 2.75. The van der Waals surface area contributed by atoms with Crippen molar-refractivity contribution in [2.75, 3.05) is 26.3 Å². The van der Waals surface area contributed by atoms with Gasteiger partial charge in [0.2, 0.25) is 5.91 Å². The molecule has 0 spiro atoms. The number of aliphatic hydroxyl groups excluding tert-OH is 2. The van der Waals surface area contributed by atoms with Crippen LogP contribution in [0, 0.1) is 17.8 Å². The highest BCUT2D eigenvalue weighted by atomic mass is 16.3. The van der Waals surface area contributed by atoms with E-state index in [1.165, 1.54) is 6.42 Å². The number of nitrogens with zero attached hydrogens (tertiary/aromatic N) is 1. The third kappa shape index (κ3) is 2.32. The van der Waals surface area contributed by atoms with Crippen LogP contribution in [-0.2, 0) is 4.79 Å². The molecular weight excluding hydrogens is 194 g/mol. The third-order valence-electron chi connectivity index (χ3n) is 3.64. The molecule has 0 radical (unpaired) electrons. The Morgan fingerprint density at radius 2 is 1.60 bits per heavy atom. The van der Waals surface area contributed by atoms with Crippen LogP contribution >= 0.6 is 0 Å². The number of aliphatic hydroxyl groups is 2. The van der Waals surface area contributed by atoms with Gasteiger partial charge in [-0.15, -0.1) is 0 Å². The average Bonchev–Trinajstić information content (AvgIpc) is 2.84. The van der Waals surface area contributed by atoms with E-state index in [-0.39, 0.29) is 25.0 Å². The predicted molar refractivity (Wildman–Crippen MR) is 55.1 cm³/mol. The normalized spacial score (nSPS) is 32.5. The second-order valence-electron chi connectivity index (χ2n) is 4.70. The van der Waals surface area contributed by atoms with Crippen LogP contribution in [0.15, 0.2) is 0 Å². The fourth-order valence-corrected chi connectivity index (χ4v) is 2.75.